The van der Waals surface area contributed by atoms with Crippen LogP contribution < -0.4 is 9.20 Å². The number of furan rings is 1. The first-order chi connectivity index (χ1) is 14.3. The van der Waals surface area contributed by atoms with E-state index in [1.54, 1.807) is 7.11 Å². The molecule has 0 radical (unpaired) electrons. The first-order valence-electron chi connectivity index (χ1n) is 9.43. The molecule has 0 bridgehead atoms. The molecule has 0 aliphatic rings. The van der Waals surface area contributed by atoms with E-state index in [1.807, 2.05) is 30.2 Å². The van der Waals surface area contributed by atoms with E-state index in [1.165, 1.54) is 20.5 Å². The zero-order valence-corrected chi connectivity index (χ0v) is 18.7. The minimum absolute atomic E-state index is 0.360. The molecule has 4 rings (SSSR count). The van der Waals surface area contributed by atoms with Gasteiger partial charge in [0.15, 0.2) is 0 Å². The fourth-order valence-electron chi connectivity index (χ4n) is 3.03. The molecule has 3 aromatic carbocycles. The summed E-state index contributed by atoms with van der Waals surface area (Å²) in [4.78, 5) is 1.28. The van der Waals surface area contributed by atoms with Crippen LogP contribution in [-0.4, -0.2) is 22.1 Å². The van der Waals surface area contributed by atoms with E-state index in [0.717, 1.165) is 28.1 Å². The third-order valence-corrected chi connectivity index (χ3v) is 7.84. The summed E-state index contributed by atoms with van der Waals surface area (Å²) in [7, 11) is 1.69. The molecular weight excluding hydrogens is 443 g/mol. The van der Waals surface area contributed by atoms with Crippen LogP contribution in [0.25, 0.3) is 11.3 Å². The van der Waals surface area contributed by atoms with Crippen molar-refractivity contribution in [2.75, 3.05) is 7.11 Å². The predicted molar refractivity (Wildman–Crippen MR) is 122 cm³/mol. The molecule has 146 valence electrons. The zero-order chi connectivity index (χ0) is 19.9. The van der Waals surface area contributed by atoms with Crippen LogP contribution in [0.5, 0.6) is 5.75 Å². The van der Waals surface area contributed by atoms with Crippen LogP contribution in [0, 0.1) is 0 Å². The molecule has 0 amide bonds. The second-order valence-corrected chi connectivity index (χ2v) is 9.75. The van der Waals surface area contributed by atoms with Gasteiger partial charge in [-0.1, -0.05) is 0 Å². The fourth-order valence-corrected chi connectivity index (χ4v) is 6.00. The van der Waals surface area contributed by atoms with E-state index in [9.17, 15) is 0 Å². The zero-order valence-electron chi connectivity index (χ0n) is 16.2. The van der Waals surface area contributed by atoms with Crippen LogP contribution in [0.15, 0.2) is 101 Å². The van der Waals surface area contributed by atoms with Gasteiger partial charge in [0.05, 0.1) is 0 Å². The number of ether oxygens (including phenoxy) is 1. The molecule has 0 aliphatic heterocycles. The number of hydrogen-bond donors (Lipinski definition) is 0. The average molecular weight is 465 g/mol. The molecule has 1 aromatic heterocycles. The third kappa shape index (κ3) is 5.16. The molecule has 0 atom stereocenters. The Morgan fingerprint density at radius 1 is 0.862 bits per heavy atom. The number of rotatable bonds is 8. The van der Waals surface area contributed by atoms with Crippen LogP contribution in [0.2, 0.25) is 0 Å². The van der Waals surface area contributed by atoms with E-state index in [2.05, 4.69) is 72.8 Å². The topological polar surface area (TPSA) is 22.4 Å². The van der Waals surface area contributed by atoms with Gasteiger partial charge in [0.1, 0.15) is 0 Å². The molecular formula is C25H22O2SSe. The molecule has 0 N–H and O–H groups in total. The fraction of sp³-hybridized carbons (Fsp3) is 0.120. The molecule has 0 fully saturated rings. The number of methoxy groups -OCH3 is 1. The van der Waals surface area contributed by atoms with Crippen molar-refractivity contribution in [1.82, 2.24) is 0 Å². The Morgan fingerprint density at radius 3 is 2.24 bits per heavy atom. The summed E-state index contributed by atoms with van der Waals surface area (Å²) in [6, 6.07) is 29.4. The normalized spacial score (nSPS) is 10.8. The van der Waals surface area contributed by atoms with Crippen molar-refractivity contribution in [3.05, 3.63) is 102 Å². The first kappa shape index (κ1) is 19.9. The predicted octanol–water partition coefficient (Wildman–Crippen LogP) is 5.78. The summed E-state index contributed by atoms with van der Waals surface area (Å²) < 4.78 is 12.8. The van der Waals surface area contributed by atoms with Crippen LogP contribution in [0.1, 0.15) is 11.1 Å². The summed E-state index contributed by atoms with van der Waals surface area (Å²) in [5, 5.41) is 1.01. The SMILES string of the molecule is COc1ccc(-c2occ(CSc3ccccc3)c2C[Se]c2ccccc2)cc1. The molecule has 29 heavy (non-hydrogen) atoms. The quantitative estimate of drug-likeness (QED) is 0.243. The summed E-state index contributed by atoms with van der Waals surface area (Å²) in [5.74, 6) is 2.74. The van der Waals surface area contributed by atoms with Crippen molar-refractivity contribution in [3.63, 3.8) is 0 Å². The van der Waals surface area contributed by atoms with Gasteiger partial charge < -0.3 is 0 Å². The van der Waals surface area contributed by atoms with Gasteiger partial charge in [-0.15, -0.1) is 0 Å². The van der Waals surface area contributed by atoms with Gasteiger partial charge in [0.2, 0.25) is 0 Å². The van der Waals surface area contributed by atoms with Crippen LogP contribution in [0.4, 0.5) is 0 Å². The average Bonchev–Trinajstić information content (AvgIpc) is 3.20. The summed E-state index contributed by atoms with van der Waals surface area (Å²) >= 11 is 2.21. The van der Waals surface area contributed by atoms with Gasteiger partial charge in [-0.2, -0.15) is 0 Å². The number of benzene rings is 3. The molecule has 0 saturated carbocycles. The van der Waals surface area contributed by atoms with Gasteiger partial charge in [-0.25, -0.2) is 0 Å². The van der Waals surface area contributed by atoms with Crippen LogP contribution in [-0.2, 0) is 11.1 Å². The Hall–Kier alpha value is -2.39. The van der Waals surface area contributed by atoms with Crippen LogP contribution >= 0.6 is 11.8 Å². The Kier molecular flexibility index (Phi) is 6.79. The van der Waals surface area contributed by atoms with E-state index in [0.29, 0.717) is 15.0 Å². The van der Waals surface area contributed by atoms with E-state index in [4.69, 9.17) is 9.15 Å². The molecule has 0 saturated heterocycles. The Labute approximate surface area is 182 Å². The Bertz CT molecular complexity index is 1030. The monoisotopic (exact) mass is 466 g/mol. The maximum atomic E-state index is 6.09. The van der Waals surface area contributed by atoms with Crippen molar-refractivity contribution in [3.8, 4) is 17.1 Å². The third-order valence-electron chi connectivity index (χ3n) is 4.60. The molecule has 0 spiro atoms. The molecule has 2 nitrogen and oxygen atoms in total. The maximum absolute atomic E-state index is 6.09. The van der Waals surface area contributed by atoms with E-state index in [-0.39, 0.29) is 0 Å². The van der Waals surface area contributed by atoms with Crippen molar-refractivity contribution < 1.29 is 9.15 Å². The van der Waals surface area contributed by atoms with E-state index >= 15 is 0 Å². The van der Waals surface area contributed by atoms with Crippen LogP contribution in [0.3, 0.4) is 0 Å². The van der Waals surface area contributed by atoms with Crippen molar-refractivity contribution in [2.45, 2.75) is 16.0 Å². The molecule has 1 heterocycles. The van der Waals surface area contributed by atoms with Gasteiger partial charge in [-0.05, 0) is 0 Å². The van der Waals surface area contributed by atoms with Crippen molar-refractivity contribution in [1.29, 1.82) is 0 Å². The summed E-state index contributed by atoms with van der Waals surface area (Å²) in [5.41, 5.74) is 3.70. The van der Waals surface area contributed by atoms with Crippen molar-refractivity contribution in [2.24, 2.45) is 0 Å². The second-order valence-electron chi connectivity index (χ2n) is 6.50. The molecule has 4 aromatic rings. The summed E-state index contributed by atoms with van der Waals surface area (Å²) in [6.45, 7) is 0. The van der Waals surface area contributed by atoms with Gasteiger partial charge in [0.25, 0.3) is 0 Å². The van der Waals surface area contributed by atoms with Gasteiger partial charge >= 0.3 is 183 Å². The van der Waals surface area contributed by atoms with Gasteiger partial charge in [-0.3, -0.25) is 0 Å². The Morgan fingerprint density at radius 2 is 1.55 bits per heavy atom. The van der Waals surface area contributed by atoms with Gasteiger partial charge in [0, 0.05) is 0 Å². The number of hydrogen-bond acceptors (Lipinski definition) is 3. The van der Waals surface area contributed by atoms with Crippen molar-refractivity contribution >= 4 is 31.2 Å². The molecule has 0 aliphatic carbocycles. The summed E-state index contributed by atoms with van der Waals surface area (Å²) in [6.07, 6.45) is 1.94. The second kappa shape index (κ2) is 9.89. The standard InChI is InChI=1S/C25H22O2SSe/c1-26-21-14-12-19(13-15-21)25-24(18-29-23-10-6-3-7-11-23)20(16-27-25)17-28-22-8-4-2-5-9-22/h2-16H,17-18H2,1H3. The molecule has 4 heteroatoms. The minimum atomic E-state index is 0.360. The first-order valence-corrected chi connectivity index (χ1v) is 12.5. The van der Waals surface area contributed by atoms with E-state index < -0.39 is 0 Å². The molecule has 0 unspecified atom stereocenters. The number of thioether (sulfide) groups is 1. The Balaban J connectivity index is 1.60.